The summed E-state index contributed by atoms with van der Waals surface area (Å²) < 4.78 is 5.33. The fourth-order valence-electron chi connectivity index (χ4n) is 2.33. The maximum Gasteiger partial charge on any atom is 0.410 e. The zero-order chi connectivity index (χ0) is 13.3. The second-order valence-corrected chi connectivity index (χ2v) is 7.80. The number of ether oxygens (including phenoxy) is 1. The monoisotopic (exact) mass is 272 g/mol. The molecule has 104 valence electrons. The van der Waals surface area contributed by atoms with E-state index in [2.05, 4.69) is 12.2 Å². The fourth-order valence-corrected chi connectivity index (χ4v) is 3.49. The lowest BCUT2D eigenvalue weighted by atomic mass is 10.1. The van der Waals surface area contributed by atoms with Gasteiger partial charge in [-0.25, -0.2) is 4.79 Å². The molecule has 2 fully saturated rings. The van der Waals surface area contributed by atoms with Gasteiger partial charge >= 0.3 is 6.09 Å². The molecule has 2 atom stereocenters. The number of likely N-dealkylation sites (tertiary alicyclic amines) is 1. The minimum absolute atomic E-state index is 0.185. The Kier molecular flexibility index (Phi) is 4.11. The number of amides is 1. The molecule has 1 N–H and O–H groups in total. The van der Waals surface area contributed by atoms with Crippen LogP contribution in [0.1, 0.15) is 34.1 Å². The number of nitrogens with one attached hydrogen (secondary N) is 1. The highest BCUT2D eigenvalue weighted by Crippen LogP contribution is 2.27. The summed E-state index contributed by atoms with van der Waals surface area (Å²) in [5.41, 5.74) is -0.396. The van der Waals surface area contributed by atoms with E-state index in [-0.39, 0.29) is 6.09 Å². The molecular weight excluding hydrogens is 248 g/mol. The molecular formula is C13H24N2O2S. The lowest BCUT2D eigenvalue weighted by Gasteiger charge is -2.41. The number of thioether (sulfide) groups is 1. The smallest absolute Gasteiger partial charge is 0.410 e. The minimum Gasteiger partial charge on any atom is -0.444 e. The molecule has 2 rings (SSSR count). The molecule has 0 saturated carbocycles. The molecule has 0 aromatic rings. The van der Waals surface area contributed by atoms with E-state index in [9.17, 15) is 4.79 Å². The zero-order valence-electron chi connectivity index (χ0n) is 11.7. The quantitative estimate of drug-likeness (QED) is 0.836. The summed E-state index contributed by atoms with van der Waals surface area (Å²) in [5, 5.41) is 4.39. The van der Waals surface area contributed by atoms with Crippen molar-refractivity contribution in [3.05, 3.63) is 0 Å². The highest BCUT2D eigenvalue weighted by Gasteiger charge is 2.35. The molecule has 2 heterocycles. The van der Waals surface area contributed by atoms with Crippen LogP contribution in [0.4, 0.5) is 4.79 Å². The van der Waals surface area contributed by atoms with Crippen molar-refractivity contribution in [2.45, 2.75) is 57.1 Å². The van der Waals surface area contributed by atoms with Crippen molar-refractivity contribution in [3.63, 3.8) is 0 Å². The summed E-state index contributed by atoms with van der Waals surface area (Å²) in [6.07, 6.45) is 1.06. The first-order valence-corrected chi connectivity index (χ1v) is 7.74. The van der Waals surface area contributed by atoms with Crippen molar-refractivity contribution < 1.29 is 9.53 Å². The van der Waals surface area contributed by atoms with Crippen LogP contribution in [0.5, 0.6) is 0 Å². The third-order valence-corrected chi connectivity index (χ3v) is 4.56. The van der Waals surface area contributed by atoms with Crippen LogP contribution < -0.4 is 5.32 Å². The predicted octanol–water partition coefficient (Wildman–Crippen LogP) is 2.09. The summed E-state index contributed by atoms with van der Waals surface area (Å²) in [7, 11) is 0. The van der Waals surface area contributed by atoms with Crippen molar-refractivity contribution in [3.8, 4) is 0 Å². The molecule has 0 aliphatic carbocycles. The number of hydrogen-bond acceptors (Lipinski definition) is 4. The first-order chi connectivity index (χ1) is 8.33. The van der Waals surface area contributed by atoms with Gasteiger partial charge in [-0.3, -0.25) is 0 Å². The molecule has 5 heteroatoms. The van der Waals surface area contributed by atoms with Crippen molar-refractivity contribution in [1.29, 1.82) is 0 Å². The van der Waals surface area contributed by atoms with Crippen molar-refractivity contribution in [2.24, 2.45) is 0 Å². The lowest BCUT2D eigenvalue weighted by Crippen LogP contribution is -2.62. The zero-order valence-corrected chi connectivity index (χ0v) is 12.5. The third kappa shape index (κ3) is 3.79. The molecule has 2 aliphatic rings. The first kappa shape index (κ1) is 14.0. The van der Waals surface area contributed by atoms with E-state index in [0.717, 1.165) is 18.3 Å². The molecule has 0 aromatic carbocycles. The highest BCUT2D eigenvalue weighted by molar-refractivity contribution is 8.00. The Bertz CT molecular complexity index is 311. The minimum atomic E-state index is -0.396. The number of carbonyl (C=O) groups is 1. The van der Waals surface area contributed by atoms with Gasteiger partial charge in [-0.2, -0.15) is 11.8 Å². The van der Waals surface area contributed by atoms with E-state index in [4.69, 9.17) is 4.74 Å². The Labute approximate surface area is 114 Å². The summed E-state index contributed by atoms with van der Waals surface area (Å²) in [4.78, 5) is 13.5. The Balaban J connectivity index is 1.66. The maximum absolute atomic E-state index is 11.7. The number of hydrogen-bond donors (Lipinski definition) is 1. The van der Waals surface area contributed by atoms with Gasteiger partial charge in [-0.15, -0.1) is 0 Å². The normalized spacial score (nSPS) is 29.2. The number of carbonyl (C=O) groups excluding carboxylic acids is 1. The van der Waals surface area contributed by atoms with Crippen LogP contribution in [0.15, 0.2) is 0 Å². The average Bonchev–Trinajstić information content (AvgIpc) is 2.53. The van der Waals surface area contributed by atoms with Gasteiger partial charge in [-0.05, 0) is 27.2 Å². The van der Waals surface area contributed by atoms with Crippen LogP contribution >= 0.6 is 11.8 Å². The number of nitrogens with zero attached hydrogens (tertiary/aromatic N) is 1. The van der Waals surface area contributed by atoms with E-state index in [1.807, 2.05) is 32.5 Å². The van der Waals surface area contributed by atoms with Crippen LogP contribution in [0.25, 0.3) is 0 Å². The van der Waals surface area contributed by atoms with Gasteiger partial charge in [0.1, 0.15) is 5.60 Å². The second-order valence-electron chi connectivity index (χ2n) is 6.33. The molecule has 0 radical (unpaired) electrons. The number of rotatable bonds is 2. The average molecular weight is 272 g/mol. The molecule has 0 aromatic heterocycles. The third-order valence-electron chi connectivity index (χ3n) is 3.20. The standard InChI is InChI=1S/C13H24N2O2S/c1-9-5-10(8-18-9)14-11-6-15(7-11)12(16)17-13(2,3)4/h9-11,14H,5-8H2,1-4H3. The van der Waals surface area contributed by atoms with Crippen LogP contribution in [-0.2, 0) is 4.74 Å². The van der Waals surface area contributed by atoms with E-state index in [0.29, 0.717) is 12.1 Å². The van der Waals surface area contributed by atoms with Crippen molar-refractivity contribution in [1.82, 2.24) is 10.2 Å². The molecule has 0 spiro atoms. The highest BCUT2D eigenvalue weighted by atomic mass is 32.2. The topological polar surface area (TPSA) is 41.6 Å². The van der Waals surface area contributed by atoms with Gasteiger partial charge < -0.3 is 15.0 Å². The van der Waals surface area contributed by atoms with E-state index < -0.39 is 5.60 Å². The van der Waals surface area contributed by atoms with Gasteiger partial charge in [0.2, 0.25) is 0 Å². The van der Waals surface area contributed by atoms with Crippen molar-refractivity contribution >= 4 is 17.9 Å². The van der Waals surface area contributed by atoms with Crippen LogP contribution in [-0.4, -0.2) is 52.8 Å². The van der Waals surface area contributed by atoms with E-state index >= 15 is 0 Å². The molecule has 0 bridgehead atoms. The Morgan fingerprint density at radius 3 is 2.50 bits per heavy atom. The summed E-state index contributed by atoms with van der Waals surface area (Å²) in [6.45, 7) is 9.54. The molecule has 4 nitrogen and oxygen atoms in total. The van der Waals surface area contributed by atoms with Gasteiger partial charge in [0, 0.05) is 36.2 Å². The van der Waals surface area contributed by atoms with Gasteiger partial charge in [0.25, 0.3) is 0 Å². The van der Waals surface area contributed by atoms with Gasteiger partial charge in [-0.1, -0.05) is 6.92 Å². The van der Waals surface area contributed by atoms with Gasteiger partial charge in [0.15, 0.2) is 0 Å². The summed E-state index contributed by atoms with van der Waals surface area (Å²) in [5.74, 6) is 1.20. The molecule has 2 unspecified atom stereocenters. The fraction of sp³-hybridized carbons (Fsp3) is 0.923. The molecule has 2 aliphatic heterocycles. The Hall–Kier alpha value is -0.420. The van der Waals surface area contributed by atoms with Crippen LogP contribution in [0, 0.1) is 0 Å². The SMILES string of the molecule is CC1CC(NC2CN(C(=O)OC(C)(C)C)C2)CS1. The Morgan fingerprint density at radius 1 is 1.33 bits per heavy atom. The van der Waals surface area contributed by atoms with Gasteiger partial charge in [0.05, 0.1) is 0 Å². The van der Waals surface area contributed by atoms with Crippen molar-refractivity contribution in [2.75, 3.05) is 18.8 Å². The maximum atomic E-state index is 11.7. The van der Waals surface area contributed by atoms with Crippen LogP contribution in [0.2, 0.25) is 0 Å². The summed E-state index contributed by atoms with van der Waals surface area (Å²) in [6, 6.07) is 1.07. The van der Waals surface area contributed by atoms with E-state index in [1.54, 1.807) is 4.90 Å². The Morgan fingerprint density at radius 2 is 2.00 bits per heavy atom. The van der Waals surface area contributed by atoms with Crippen LogP contribution in [0.3, 0.4) is 0 Å². The molecule has 1 amide bonds. The second kappa shape index (κ2) is 5.29. The lowest BCUT2D eigenvalue weighted by molar-refractivity contribution is 0.00440. The predicted molar refractivity (Wildman–Crippen MR) is 75.1 cm³/mol. The molecule has 18 heavy (non-hydrogen) atoms. The molecule has 2 saturated heterocycles. The largest absolute Gasteiger partial charge is 0.444 e. The van der Waals surface area contributed by atoms with E-state index in [1.165, 1.54) is 12.2 Å². The first-order valence-electron chi connectivity index (χ1n) is 6.69. The summed E-state index contributed by atoms with van der Waals surface area (Å²) >= 11 is 2.03.